The van der Waals surface area contributed by atoms with E-state index in [1.807, 2.05) is 0 Å². The van der Waals surface area contributed by atoms with E-state index >= 15 is 0 Å². The first-order valence-corrected chi connectivity index (χ1v) is 5.73. The van der Waals surface area contributed by atoms with Gasteiger partial charge in [-0.2, -0.15) is 13.2 Å². The standard InChI is InChI=1S/C12H13F3N2O4/c1-7-8(11(20)21-2)3-4-9(16-7)17(5-10(18)19)6-12(13,14)15/h3-4H,5-6H2,1-2H3,(H,18,19). The number of carboxylic acid groups (broad SMARTS) is 1. The molecule has 0 unspecified atom stereocenters. The van der Waals surface area contributed by atoms with E-state index in [-0.39, 0.29) is 17.1 Å². The molecule has 0 aliphatic carbocycles. The molecule has 1 rings (SSSR count). The normalized spacial score (nSPS) is 11.1. The monoisotopic (exact) mass is 306 g/mol. The van der Waals surface area contributed by atoms with Crippen LogP contribution >= 0.6 is 0 Å². The number of anilines is 1. The summed E-state index contributed by atoms with van der Waals surface area (Å²) in [5, 5.41) is 8.68. The van der Waals surface area contributed by atoms with Crippen LogP contribution in [0.15, 0.2) is 12.1 Å². The van der Waals surface area contributed by atoms with Crippen LogP contribution in [0.3, 0.4) is 0 Å². The summed E-state index contributed by atoms with van der Waals surface area (Å²) in [6.45, 7) is -0.894. The number of pyridine rings is 1. The van der Waals surface area contributed by atoms with Gasteiger partial charge in [0.1, 0.15) is 18.9 Å². The van der Waals surface area contributed by atoms with Crippen LogP contribution in [-0.4, -0.2) is 48.4 Å². The Morgan fingerprint density at radius 3 is 2.43 bits per heavy atom. The highest BCUT2D eigenvalue weighted by Crippen LogP contribution is 2.22. The van der Waals surface area contributed by atoms with E-state index in [0.717, 1.165) is 13.2 Å². The van der Waals surface area contributed by atoms with Gasteiger partial charge in [-0.1, -0.05) is 0 Å². The molecule has 21 heavy (non-hydrogen) atoms. The number of carboxylic acids is 1. The zero-order valence-corrected chi connectivity index (χ0v) is 11.3. The van der Waals surface area contributed by atoms with Gasteiger partial charge in [0.15, 0.2) is 0 Å². The fourth-order valence-electron chi connectivity index (χ4n) is 1.65. The molecule has 116 valence electrons. The molecule has 1 aromatic rings. The summed E-state index contributed by atoms with van der Waals surface area (Å²) in [5.74, 6) is -2.28. The first kappa shape index (κ1) is 16.7. The van der Waals surface area contributed by atoms with Crippen molar-refractivity contribution in [2.45, 2.75) is 13.1 Å². The van der Waals surface area contributed by atoms with Crippen LogP contribution in [0.2, 0.25) is 0 Å². The number of aryl methyl sites for hydroxylation is 1. The Morgan fingerprint density at radius 2 is 2.00 bits per heavy atom. The molecule has 0 spiro atoms. The van der Waals surface area contributed by atoms with Crippen LogP contribution in [0, 0.1) is 6.92 Å². The summed E-state index contributed by atoms with van der Waals surface area (Å²) in [5.41, 5.74) is 0.250. The van der Waals surface area contributed by atoms with Crippen molar-refractivity contribution in [2.75, 3.05) is 25.1 Å². The van der Waals surface area contributed by atoms with Crippen LogP contribution < -0.4 is 4.90 Å². The number of rotatable bonds is 5. The van der Waals surface area contributed by atoms with E-state index in [9.17, 15) is 22.8 Å². The first-order valence-electron chi connectivity index (χ1n) is 5.73. The summed E-state index contributed by atoms with van der Waals surface area (Å²) < 4.78 is 41.9. The molecule has 0 amide bonds. The van der Waals surface area contributed by atoms with Crippen LogP contribution in [0.25, 0.3) is 0 Å². The Hall–Kier alpha value is -2.32. The van der Waals surface area contributed by atoms with Gasteiger partial charge in [-0.15, -0.1) is 0 Å². The molecule has 1 N–H and O–H groups in total. The van der Waals surface area contributed by atoms with E-state index in [4.69, 9.17) is 5.11 Å². The molecule has 1 aromatic heterocycles. The number of ether oxygens (including phenoxy) is 1. The molecule has 0 aromatic carbocycles. The zero-order valence-electron chi connectivity index (χ0n) is 11.3. The van der Waals surface area contributed by atoms with Crippen LogP contribution in [-0.2, 0) is 9.53 Å². The smallest absolute Gasteiger partial charge is 0.405 e. The molecule has 0 radical (unpaired) electrons. The Labute approximate surface area is 118 Å². The predicted molar refractivity (Wildman–Crippen MR) is 66.2 cm³/mol. The molecule has 0 aliphatic rings. The van der Waals surface area contributed by atoms with Gasteiger partial charge >= 0.3 is 18.1 Å². The molecule has 0 aliphatic heterocycles. The van der Waals surface area contributed by atoms with Gasteiger partial charge in [0.05, 0.1) is 18.4 Å². The summed E-state index contributed by atoms with van der Waals surface area (Å²) in [4.78, 5) is 26.4. The number of nitrogens with zero attached hydrogens (tertiary/aromatic N) is 2. The highest BCUT2D eigenvalue weighted by molar-refractivity contribution is 5.90. The minimum Gasteiger partial charge on any atom is -0.480 e. The number of methoxy groups -OCH3 is 1. The Balaban J connectivity index is 3.11. The van der Waals surface area contributed by atoms with E-state index in [1.54, 1.807) is 0 Å². The van der Waals surface area contributed by atoms with Crippen molar-refractivity contribution in [3.05, 3.63) is 23.4 Å². The van der Waals surface area contributed by atoms with Crippen molar-refractivity contribution in [1.29, 1.82) is 0 Å². The Bertz CT molecular complexity index is 546. The number of hydrogen-bond acceptors (Lipinski definition) is 5. The van der Waals surface area contributed by atoms with Crippen molar-refractivity contribution in [1.82, 2.24) is 4.98 Å². The van der Waals surface area contributed by atoms with Crippen molar-refractivity contribution < 1.29 is 32.6 Å². The summed E-state index contributed by atoms with van der Waals surface area (Å²) in [6, 6.07) is 2.39. The van der Waals surface area contributed by atoms with Gasteiger partial charge in [0.2, 0.25) is 0 Å². The second-order valence-electron chi connectivity index (χ2n) is 4.16. The number of aromatic nitrogens is 1. The van der Waals surface area contributed by atoms with Crippen molar-refractivity contribution in [3.63, 3.8) is 0 Å². The van der Waals surface area contributed by atoms with Crippen molar-refractivity contribution in [3.8, 4) is 0 Å². The van der Waals surface area contributed by atoms with Gasteiger partial charge in [0, 0.05) is 0 Å². The lowest BCUT2D eigenvalue weighted by molar-refractivity contribution is -0.136. The molecule has 6 nitrogen and oxygen atoms in total. The van der Waals surface area contributed by atoms with Gasteiger partial charge in [0.25, 0.3) is 0 Å². The number of carbonyl (C=O) groups excluding carboxylic acids is 1. The van der Waals surface area contributed by atoms with E-state index in [2.05, 4.69) is 9.72 Å². The molecule has 0 bridgehead atoms. The fourth-order valence-corrected chi connectivity index (χ4v) is 1.65. The quantitative estimate of drug-likeness (QED) is 0.833. The van der Waals surface area contributed by atoms with E-state index in [0.29, 0.717) is 4.90 Å². The van der Waals surface area contributed by atoms with Gasteiger partial charge in [-0.05, 0) is 19.1 Å². The Kier molecular flexibility index (Phi) is 5.12. The molecule has 0 saturated carbocycles. The second-order valence-corrected chi connectivity index (χ2v) is 4.16. The maximum absolute atomic E-state index is 12.5. The molecule has 0 fully saturated rings. The number of carbonyl (C=O) groups is 2. The van der Waals surface area contributed by atoms with Gasteiger partial charge in [-0.3, -0.25) is 4.79 Å². The molecule has 0 atom stereocenters. The van der Waals surface area contributed by atoms with Gasteiger partial charge < -0.3 is 14.7 Å². The maximum Gasteiger partial charge on any atom is 0.405 e. The van der Waals surface area contributed by atoms with Gasteiger partial charge in [-0.25, -0.2) is 9.78 Å². The predicted octanol–water partition coefficient (Wildman–Crippen LogP) is 1.63. The van der Waals surface area contributed by atoms with Crippen LogP contribution in [0.5, 0.6) is 0 Å². The zero-order chi connectivity index (χ0) is 16.2. The second kappa shape index (κ2) is 6.42. The lowest BCUT2D eigenvalue weighted by Gasteiger charge is -2.23. The Morgan fingerprint density at radius 1 is 1.38 bits per heavy atom. The minimum atomic E-state index is -4.58. The fraction of sp³-hybridized carbons (Fsp3) is 0.417. The number of alkyl halides is 3. The van der Waals surface area contributed by atoms with Crippen LogP contribution in [0.4, 0.5) is 19.0 Å². The SMILES string of the molecule is COC(=O)c1ccc(N(CC(=O)O)CC(F)(F)F)nc1C. The van der Waals surface area contributed by atoms with E-state index < -0.39 is 31.2 Å². The van der Waals surface area contributed by atoms with Crippen LogP contribution in [0.1, 0.15) is 16.1 Å². The minimum absolute atomic E-state index is 0.100. The summed E-state index contributed by atoms with van der Waals surface area (Å²) in [7, 11) is 1.16. The highest BCUT2D eigenvalue weighted by Gasteiger charge is 2.32. The third kappa shape index (κ3) is 4.93. The number of aliphatic carboxylic acids is 1. The number of esters is 1. The average molecular weight is 306 g/mol. The molecular weight excluding hydrogens is 293 g/mol. The summed E-state index contributed by atoms with van der Waals surface area (Å²) >= 11 is 0. The average Bonchev–Trinajstić information content (AvgIpc) is 2.34. The largest absolute Gasteiger partial charge is 0.480 e. The van der Waals surface area contributed by atoms with Crippen molar-refractivity contribution >= 4 is 17.8 Å². The third-order valence-corrected chi connectivity index (χ3v) is 2.50. The molecular formula is C12H13F3N2O4. The van der Waals surface area contributed by atoms with E-state index in [1.165, 1.54) is 13.0 Å². The summed E-state index contributed by atoms with van der Waals surface area (Å²) in [6.07, 6.45) is -4.58. The first-order chi connectivity index (χ1) is 9.64. The maximum atomic E-state index is 12.5. The lowest BCUT2D eigenvalue weighted by Crippen LogP contribution is -2.38. The highest BCUT2D eigenvalue weighted by atomic mass is 19.4. The number of halogens is 3. The topological polar surface area (TPSA) is 79.7 Å². The third-order valence-electron chi connectivity index (χ3n) is 2.50. The molecule has 9 heteroatoms. The molecule has 1 heterocycles. The lowest BCUT2D eigenvalue weighted by atomic mass is 10.2. The molecule has 0 saturated heterocycles. The van der Waals surface area contributed by atoms with Crippen molar-refractivity contribution in [2.24, 2.45) is 0 Å². The number of hydrogen-bond donors (Lipinski definition) is 1.